The molecule has 3 N–H and O–H groups in total. The molecule has 182 valence electrons. The molecular formula is C26H27N3O6. The van der Waals surface area contributed by atoms with E-state index in [1.165, 1.54) is 0 Å². The number of hydrogen-bond acceptors (Lipinski definition) is 6. The molecule has 3 aromatic rings. The first-order chi connectivity index (χ1) is 17.0. The second-order valence-electron chi connectivity index (χ2n) is 8.37. The number of aromatic nitrogens is 1. The third kappa shape index (κ3) is 5.51. The summed E-state index contributed by atoms with van der Waals surface area (Å²) in [6.45, 7) is 2.04. The van der Waals surface area contributed by atoms with Crippen LogP contribution in [-0.4, -0.2) is 40.7 Å². The van der Waals surface area contributed by atoms with Crippen LogP contribution in [0.3, 0.4) is 0 Å². The molecule has 0 saturated carbocycles. The van der Waals surface area contributed by atoms with Gasteiger partial charge in [0.25, 0.3) is 0 Å². The number of rotatable bonds is 10. The first-order valence-electron chi connectivity index (χ1n) is 11.5. The lowest BCUT2D eigenvalue weighted by molar-refractivity contribution is -0.121. The van der Waals surface area contributed by atoms with E-state index in [0.29, 0.717) is 6.42 Å². The molecule has 1 aliphatic carbocycles. The van der Waals surface area contributed by atoms with Gasteiger partial charge in [-0.05, 0) is 28.7 Å². The van der Waals surface area contributed by atoms with Crippen LogP contribution in [0.4, 0.5) is 4.79 Å². The maximum Gasteiger partial charge on any atom is 0.407 e. The van der Waals surface area contributed by atoms with Crippen LogP contribution in [0.1, 0.15) is 59.5 Å². The minimum atomic E-state index is -1.23. The number of carbonyl (C=O) groups is 3. The number of fused-ring (bicyclic) bond motifs is 3. The van der Waals surface area contributed by atoms with Crippen molar-refractivity contribution in [3.63, 3.8) is 0 Å². The molecule has 2 amide bonds. The summed E-state index contributed by atoms with van der Waals surface area (Å²) in [5.74, 6) is -1.58. The van der Waals surface area contributed by atoms with Crippen LogP contribution >= 0.6 is 0 Å². The standard InChI is InChI=1S/C26H27N3O6/c1-2-7-16(12-23(30)27-13-22-24(25(31)32)28-15-35-22)29-26(33)34-14-21-19-10-5-3-8-17(19)18-9-4-6-11-20(18)21/h3-6,8-11,15-16,21H,2,7,12-14H2,1H3,(H,27,30)(H,29,33)(H,31,32)/t16-/m0/s1. The van der Waals surface area contributed by atoms with Crippen LogP contribution in [-0.2, 0) is 16.1 Å². The number of amides is 2. The van der Waals surface area contributed by atoms with E-state index in [1.807, 2.05) is 31.2 Å². The van der Waals surface area contributed by atoms with Crippen LogP contribution in [0.15, 0.2) is 59.3 Å². The lowest BCUT2D eigenvalue weighted by Crippen LogP contribution is -2.39. The van der Waals surface area contributed by atoms with Gasteiger partial charge >= 0.3 is 12.1 Å². The monoisotopic (exact) mass is 477 g/mol. The zero-order valence-electron chi connectivity index (χ0n) is 19.3. The van der Waals surface area contributed by atoms with Gasteiger partial charge in [0.2, 0.25) is 5.91 Å². The highest BCUT2D eigenvalue weighted by atomic mass is 16.5. The Labute approximate surface area is 202 Å². The fourth-order valence-electron chi connectivity index (χ4n) is 4.43. The topological polar surface area (TPSA) is 131 Å². The van der Waals surface area contributed by atoms with Gasteiger partial charge in [0.15, 0.2) is 17.8 Å². The van der Waals surface area contributed by atoms with Crippen molar-refractivity contribution in [2.45, 2.75) is 44.7 Å². The molecule has 0 saturated heterocycles. The molecule has 4 rings (SSSR count). The van der Waals surface area contributed by atoms with Crippen LogP contribution in [0.2, 0.25) is 0 Å². The number of hydrogen-bond donors (Lipinski definition) is 3. The molecule has 0 fully saturated rings. The lowest BCUT2D eigenvalue weighted by atomic mass is 9.98. The number of alkyl carbamates (subject to hydrolysis) is 1. The largest absolute Gasteiger partial charge is 0.476 e. The summed E-state index contributed by atoms with van der Waals surface area (Å²) in [6, 6.07) is 15.8. The van der Waals surface area contributed by atoms with Crippen LogP contribution < -0.4 is 10.6 Å². The van der Waals surface area contributed by atoms with Gasteiger partial charge in [-0.15, -0.1) is 0 Å². The van der Waals surface area contributed by atoms with Crippen molar-refractivity contribution in [1.82, 2.24) is 15.6 Å². The first kappa shape index (κ1) is 24.0. The maximum atomic E-state index is 12.6. The van der Waals surface area contributed by atoms with E-state index >= 15 is 0 Å². The number of oxazole rings is 1. The molecule has 0 bridgehead atoms. The van der Waals surface area contributed by atoms with Gasteiger partial charge in [0.1, 0.15) is 6.61 Å². The van der Waals surface area contributed by atoms with Gasteiger partial charge in [-0.2, -0.15) is 0 Å². The summed E-state index contributed by atoms with van der Waals surface area (Å²) in [7, 11) is 0. The Morgan fingerprint density at radius 3 is 2.37 bits per heavy atom. The zero-order valence-corrected chi connectivity index (χ0v) is 19.3. The number of carboxylic acids is 1. The summed E-state index contributed by atoms with van der Waals surface area (Å²) >= 11 is 0. The Kier molecular flexibility index (Phi) is 7.45. The van der Waals surface area contributed by atoms with Crippen LogP contribution in [0, 0.1) is 0 Å². The fourth-order valence-corrected chi connectivity index (χ4v) is 4.43. The van der Waals surface area contributed by atoms with Gasteiger partial charge in [-0.3, -0.25) is 4.79 Å². The summed E-state index contributed by atoms with van der Waals surface area (Å²) in [4.78, 5) is 39.7. The molecule has 0 aliphatic heterocycles. The van der Waals surface area contributed by atoms with Gasteiger partial charge in [0.05, 0.1) is 6.54 Å². The Morgan fingerprint density at radius 1 is 1.09 bits per heavy atom. The number of aromatic carboxylic acids is 1. The molecule has 9 nitrogen and oxygen atoms in total. The van der Waals surface area contributed by atoms with Crippen molar-refractivity contribution in [2.75, 3.05) is 6.61 Å². The van der Waals surface area contributed by atoms with E-state index in [0.717, 1.165) is 35.1 Å². The van der Waals surface area contributed by atoms with E-state index in [9.17, 15) is 14.4 Å². The van der Waals surface area contributed by atoms with E-state index in [1.54, 1.807) is 0 Å². The smallest absolute Gasteiger partial charge is 0.407 e. The SMILES string of the molecule is CCC[C@@H](CC(=O)NCc1ocnc1C(=O)O)NC(=O)OCC1c2ccccc2-c2ccccc21. The summed E-state index contributed by atoms with van der Waals surface area (Å²) in [5.41, 5.74) is 4.30. The van der Waals surface area contributed by atoms with Crippen LogP contribution in [0.25, 0.3) is 11.1 Å². The minimum absolute atomic E-state index is 0.0224. The highest BCUT2D eigenvalue weighted by Crippen LogP contribution is 2.44. The molecule has 1 aliphatic rings. The first-order valence-corrected chi connectivity index (χ1v) is 11.5. The van der Waals surface area contributed by atoms with E-state index < -0.39 is 18.1 Å². The van der Waals surface area contributed by atoms with Crippen molar-refractivity contribution >= 4 is 18.0 Å². The molecule has 2 aromatic carbocycles. The highest BCUT2D eigenvalue weighted by molar-refractivity contribution is 5.86. The predicted octanol–water partition coefficient (Wildman–Crippen LogP) is 4.09. The normalized spacial score (nSPS) is 12.9. The molecule has 9 heteroatoms. The average Bonchev–Trinajstić information content (AvgIpc) is 3.44. The quantitative estimate of drug-likeness (QED) is 0.401. The third-order valence-corrected chi connectivity index (χ3v) is 6.02. The molecule has 1 aromatic heterocycles. The molecule has 35 heavy (non-hydrogen) atoms. The van der Waals surface area contributed by atoms with Crippen molar-refractivity contribution in [1.29, 1.82) is 0 Å². The third-order valence-electron chi connectivity index (χ3n) is 6.02. The predicted molar refractivity (Wildman–Crippen MR) is 127 cm³/mol. The van der Waals surface area contributed by atoms with Gasteiger partial charge in [0, 0.05) is 18.4 Å². The fraction of sp³-hybridized carbons (Fsp3) is 0.308. The van der Waals surface area contributed by atoms with Crippen molar-refractivity contribution < 1.29 is 28.6 Å². The van der Waals surface area contributed by atoms with E-state index in [4.69, 9.17) is 14.3 Å². The highest BCUT2D eigenvalue weighted by Gasteiger charge is 2.29. The van der Waals surface area contributed by atoms with E-state index in [-0.39, 0.29) is 42.9 Å². The summed E-state index contributed by atoms with van der Waals surface area (Å²) in [6.07, 6.45) is 1.80. The zero-order chi connectivity index (χ0) is 24.8. The minimum Gasteiger partial charge on any atom is -0.476 e. The molecule has 1 atom stereocenters. The lowest BCUT2D eigenvalue weighted by Gasteiger charge is -2.19. The van der Waals surface area contributed by atoms with Crippen molar-refractivity contribution in [3.8, 4) is 11.1 Å². The number of carboxylic acid groups (broad SMARTS) is 1. The maximum absolute atomic E-state index is 12.6. The van der Waals surface area contributed by atoms with E-state index in [2.05, 4.69) is 39.9 Å². The molecule has 0 spiro atoms. The average molecular weight is 478 g/mol. The van der Waals surface area contributed by atoms with Crippen LogP contribution in [0.5, 0.6) is 0 Å². The molecule has 0 unspecified atom stereocenters. The number of ether oxygens (including phenoxy) is 1. The number of carbonyl (C=O) groups excluding carboxylic acids is 2. The van der Waals surface area contributed by atoms with Gasteiger partial charge in [-0.25, -0.2) is 14.6 Å². The Bertz CT molecular complexity index is 1180. The number of benzene rings is 2. The molecule has 0 radical (unpaired) electrons. The van der Waals surface area contributed by atoms with Crippen molar-refractivity contribution in [2.24, 2.45) is 0 Å². The Balaban J connectivity index is 1.32. The number of nitrogens with one attached hydrogen (secondary N) is 2. The Hall–Kier alpha value is -4.14. The molecule has 1 heterocycles. The van der Waals surface area contributed by atoms with Gasteiger partial charge < -0.3 is 24.9 Å². The van der Waals surface area contributed by atoms with Crippen molar-refractivity contribution in [3.05, 3.63) is 77.5 Å². The summed E-state index contributed by atoms with van der Waals surface area (Å²) < 4.78 is 10.6. The second-order valence-corrected chi connectivity index (χ2v) is 8.37. The molecular weight excluding hydrogens is 450 g/mol. The second kappa shape index (κ2) is 10.9. The summed E-state index contributed by atoms with van der Waals surface area (Å²) in [5, 5.41) is 14.5. The Morgan fingerprint density at radius 2 is 1.74 bits per heavy atom. The number of nitrogens with zero attached hydrogens (tertiary/aromatic N) is 1. The van der Waals surface area contributed by atoms with Gasteiger partial charge in [-0.1, -0.05) is 61.9 Å².